The van der Waals surface area contributed by atoms with Crippen molar-refractivity contribution in [3.63, 3.8) is 0 Å². The zero-order valence-corrected chi connectivity index (χ0v) is 14.8. The summed E-state index contributed by atoms with van der Waals surface area (Å²) in [5, 5.41) is 3.60. The Kier molecular flexibility index (Phi) is 7.29. The topological polar surface area (TPSA) is 73.6 Å². The molecule has 0 aromatic heterocycles. The van der Waals surface area contributed by atoms with Gasteiger partial charge in [0.15, 0.2) is 18.1 Å². The third-order valence-electron chi connectivity index (χ3n) is 3.93. The maximum Gasteiger partial charge on any atom is 0.255 e. The number of primary amides is 1. The van der Waals surface area contributed by atoms with Gasteiger partial charge in [0.25, 0.3) is 5.91 Å². The summed E-state index contributed by atoms with van der Waals surface area (Å²) >= 11 is 0. The van der Waals surface area contributed by atoms with Crippen LogP contribution in [0.25, 0.3) is 0 Å². The third kappa shape index (κ3) is 5.80. The second kappa shape index (κ2) is 9.69. The second-order valence-corrected chi connectivity index (χ2v) is 5.87. The second-order valence-electron chi connectivity index (χ2n) is 5.87. The molecule has 0 aliphatic heterocycles. The predicted octanol–water partition coefficient (Wildman–Crippen LogP) is 3.19. The van der Waals surface area contributed by atoms with Crippen LogP contribution in [0.3, 0.4) is 0 Å². The van der Waals surface area contributed by atoms with E-state index in [9.17, 15) is 4.79 Å². The zero-order valence-electron chi connectivity index (χ0n) is 14.8. The van der Waals surface area contributed by atoms with Crippen LogP contribution in [0.4, 0.5) is 0 Å². The molecule has 0 aliphatic rings. The van der Waals surface area contributed by atoms with Crippen LogP contribution < -0.4 is 20.5 Å². The number of ether oxygens (including phenoxy) is 2. The predicted molar refractivity (Wildman–Crippen MR) is 98.6 cm³/mol. The number of nitrogens with two attached hydrogens (primary N) is 1. The van der Waals surface area contributed by atoms with Crippen LogP contribution in [-0.4, -0.2) is 19.6 Å². The summed E-state index contributed by atoms with van der Waals surface area (Å²) in [5.41, 5.74) is 7.48. The fourth-order valence-electron chi connectivity index (χ4n) is 2.69. The summed E-state index contributed by atoms with van der Waals surface area (Å²) in [6.07, 6.45) is 2.18. The Morgan fingerprint density at radius 1 is 1.16 bits per heavy atom. The lowest BCUT2D eigenvalue weighted by atomic mass is 10.0. The molecule has 5 heteroatoms. The molecule has 0 radical (unpaired) electrons. The number of hydrogen-bond acceptors (Lipinski definition) is 4. The van der Waals surface area contributed by atoms with Crippen molar-refractivity contribution >= 4 is 5.91 Å². The SMILES string of the molecule is CCC[C@H](NCc1ccc(OCC(N)=O)c(OC)c1)c1ccccc1. The van der Waals surface area contributed by atoms with Gasteiger partial charge in [0.05, 0.1) is 7.11 Å². The van der Waals surface area contributed by atoms with Crippen LogP contribution >= 0.6 is 0 Å². The van der Waals surface area contributed by atoms with Crippen LogP contribution in [-0.2, 0) is 11.3 Å². The highest BCUT2D eigenvalue weighted by Gasteiger charge is 2.11. The first-order chi connectivity index (χ1) is 12.1. The molecule has 0 saturated heterocycles. The van der Waals surface area contributed by atoms with Crippen LogP contribution in [0.2, 0.25) is 0 Å². The summed E-state index contributed by atoms with van der Waals surface area (Å²) in [5.74, 6) is 0.587. The minimum atomic E-state index is -0.516. The van der Waals surface area contributed by atoms with Gasteiger partial charge in [-0.15, -0.1) is 0 Å². The van der Waals surface area contributed by atoms with E-state index in [4.69, 9.17) is 15.2 Å². The van der Waals surface area contributed by atoms with Gasteiger partial charge in [0, 0.05) is 12.6 Å². The lowest BCUT2D eigenvalue weighted by molar-refractivity contribution is -0.119. The summed E-state index contributed by atoms with van der Waals surface area (Å²) in [6.45, 7) is 2.73. The molecule has 2 aromatic rings. The highest BCUT2D eigenvalue weighted by Crippen LogP contribution is 2.28. The molecular formula is C20H26N2O3. The van der Waals surface area contributed by atoms with Crippen molar-refractivity contribution in [2.24, 2.45) is 5.73 Å². The smallest absolute Gasteiger partial charge is 0.255 e. The molecule has 0 fully saturated rings. The van der Waals surface area contributed by atoms with E-state index in [0.29, 0.717) is 24.1 Å². The Morgan fingerprint density at radius 3 is 2.56 bits per heavy atom. The number of carbonyl (C=O) groups is 1. The van der Waals surface area contributed by atoms with Gasteiger partial charge in [-0.05, 0) is 29.7 Å². The highest BCUT2D eigenvalue weighted by molar-refractivity contribution is 5.75. The van der Waals surface area contributed by atoms with E-state index in [2.05, 4.69) is 36.5 Å². The van der Waals surface area contributed by atoms with Crippen LogP contribution in [0.15, 0.2) is 48.5 Å². The summed E-state index contributed by atoms with van der Waals surface area (Å²) < 4.78 is 10.7. The molecule has 0 spiro atoms. The van der Waals surface area contributed by atoms with E-state index in [-0.39, 0.29) is 6.61 Å². The largest absolute Gasteiger partial charge is 0.493 e. The molecule has 1 amide bonds. The van der Waals surface area contributed by atoms with Crippen molar-refractivity contribution < 1.29 is 14.3 Å². The maximum atomic E-state index is 10.9. The van der Waals surface area contributed by atoms with Crippen LogP contribution in [0, 0.1) is 0 Å². The number of amides is 1. The Balaban J connectivity index is 2.04. The third-order valence-corrected chi connectivity index (χ3v) is 3.93. The van der Waals surface area contributed by atoms with Crippen molar-refractivity contribution in [3.05, 3.63) is 59.7 Å². The molecule has 3 N–H and O–H groups in total. The van der Waals surface area contributed by atoms with Gasteiger partial charge in [-0.1, -0.05) is 49.7 Å². The number of hydrogen-bond donors (Lipinski definition) is 2. The minimum Gasteiger partial charge on any atom is -0.493 e. The average Bonchev–Trinajstić information content (AvgIpc) is 2.64. The van der Waals surface area contributed by atoms with Gasteiger partial charge in [-0.3, -0.25) is 4.79 Å². The fraction of sp³-hybridized carbons (Fsp3) is 0.350. The van der Waals surface area contributed by atoms with E-state index in [0.717, 1.165) is 18.4 Å². The molecule has 0 saturated carbocycles. The molecule has 0 unspecified atom stereocenters. The van der Waals surface area contributed by atoms with Crippen molar-refractivity contribution in [3.8, 4) is 11.5 Å². The van der Waals surface area contributed by atoms with Gasteiger partial charge in [0.2, 0.25) is 0 Å². The molecule has 134 valence electrons. The van der Waals surface area contributed by atoms with Gasteiger partial charge in [0.1, 0.15) is 0 Å². The lowest BCUT2D eigenvalue weighted by Gasteiger charge is -2.19. The number of rotatable bonds is 10. The molecule has 2 rings (SSSR count). The summed E-state index contributed by atoms with van der Waals surface area (Å²) in [6, 6.07) is 16.4. The first-order valence-electron chi connectivity index (χ1n) is 8.50. The quantitative estimate of drug-likeness (QED) is 0.695. The molecule has 25 heavy (non-hydrogen) atoms. The zero-order chi connectivity index (χ0) is 18.1. The van der Waals surface area contributed by atoms with E-state index in [1.165, 1.54) is 5.56 Å². The monoisotopic (exact) mass is 342 g/mol. The molecule has 2 aromatic carbocycles. The Hall–Kier alpha value is -2.53. The lowest BCUT2D eigenvalue weighted by Crippen LogP contribution is -2.21. The number of methoxy groups -OCH3 is 1. The minimum absolute atomic E-state index is 0.166. The highest BCUT2D eigenvalue weighted by atomic mass is 16.5. The number of nitrogens with one attached hydrogen (secondary N) is 1. The normalized spacial score (nSPS) is 11.8. The van der Waals surface area contributed by atoms with Crippen molar-refractivity contribution in [2.45, 2.75) is 32.4 Å². The summed E-state index contributed by atoms with van der Waals surface area (Å²) in [4.78, 5) is 10.9. The van der Waals surface area contributed by atoms with Crippen molar-refractivity contribution in [2.75, 3.05) is 13.7 Å². The van der Waals surface area contributed by atoms with E-state index < -0.39 is 5.91 Å². The molecule has 0 aliphatic carbocycles. The molecule has 1 atom stereocenters. The Labute approximate surface area is 149 Å². The van der Waals surface area contributed by atoms with E-state index in [1.54, 1.807) is 13.2 Å². The number of benzene rings is 2. The Morgan fingerprint density at radius 2 is 1.92 bits per heavy atom. The maximum absolute atomic E-state index is 10.9. The fourth-order valence-corrected chi connectivity index (χ4v) is 2.69. The Bertz CT molecular complexity index is 674. The van der Waals surface area contributed by atoms with Gasteiger partial charge in [-0.2, -0.15) is 0 Å². The van der Waals surface area contributed by atoms with Gasteiger partial charge < -0.3 is 20.5 Å². The first-order valence-corrected chi connectivity index (χ1v) is 8.50. The van der Waals surface area contributed by atoms with Crippen LogP contribution in [0.5, 0.6) is 11.5 Å². The molecule has 0 bridgehead atoms. The van der Waals surface area contributed by atoms with E-state index >= 15 is 0 Å². The van der Waals surface area contributed by atoms with Gasteiger partial charge in [-0.25, -0.2) is 0 Å². The molecular weight excluding hydrogens is 316 g/mol. The van der Waals surface area contributed by atoms with Crippen molar-refractivity contribution in [1.82, 2.24) is 5.32 Å². The molecule has 5 nitrogen and oxygen atoms in total. The molecule has 0 heterocycles. The average molecular weight is 342 g/mol. The van der Waals surface area contributed by atoms with Crippen molar-refractivity contribution in [1.29, 1.82) is 0 Å². The van der Waals surface area contributed by atoms with E-state index in [1.807, 2.05) is 18.2 Å². The standard InChI is InChI=1S/C20H26N2O3/c1-3-7-17(16-8-5-4-6-9-16)22-13-15-10-11-18(19(12-15)24-2)25-14-20(21)23/h4-6,8-12,17,22H,3,7,13-14H2,1-2H3,(H2,21,23)/t17-/m0/s1. The first kappa shape index (κ1) is 18.8. The summed E-state index contributed by atoms with van der Waals surface area (Å²) in [7, 11) is 1.58. The number of carbonyl (C=O) groups excluding carboxylic acids is 1. The van der Waals surface area contributed by atoms with Crippen LogP contribution in [0.1, 0.15) is 36.9 Å². The van der Waals surface area contributed by atoms with Gasteiger partial charge >= 0.3 is 0 Å².